The number of carbonyl (C=O) groups excluding carboxylic acids is 1. The molecule has 104 valence electrons. The molecular formula is C12H15NO5S. The van der Waals surface area contributed by atoms with Crippen LogP contribution in [0, 0.1) is 6.92 Å². The Kier molecular flexibility index (Phi) is 4.66. The Balaban J connectivity index is 3.10. The van der Waals surface area contributed by atoms with Crippen molar-refractivity contribution in [3.8, 4) is 0 Å². The van der Waals surface area contributed by atoms with Gasteiger partial charge in [-0.3, -0.25) is 4.79 Å². The Labute approximate surface area is 111 Å². The van der Waals surface area contributed by atoms with Gasteiger partial charge in [0.05, 0.1) is 16.2 Å². The summed E-state index contributed by atoms with van der Waals surface area (Å²) in [4.78, 5) is 21.9. The Morgan fingerprint density at radius 1 is 1.32 bits per heavy atom. The lowest BCUT2D eigenvalue weighted by atomic mass is 10.1. The molecule has 0 heterocycles. The van der Waals surface area contributed by atoms with Gasteiger partial charge in [-0.25, -0.2) is 13.2 Å². The number of carboxylic acid groups (broad SMARTS) is 1. The molecule has 1 aromatic rings. The van der Waals surface area contributed by atoms with Gasteiger partial charge in [-0.1, -0.05) is 6.07 Å². The number of sulfone groups is 1. The highest BCUT2D eigenvalue weighted by Crippen LogP contribution is 2.19. The molecule has 0 atom stereocenters. The van der Waals surface area contributed by atoms with E-state index in [9.17, 15) is 18.0 Å². The number of aryl methyl sites for hydroxylation is 1. The molecule has 2 N–H and O–H groups in total. The number of rotatable bonds is 5. The number of hydrogen-bond donors (Lipinski definition) is 2. The van der Waals surface area contributed by atoms with Gasteiger partial charge in [0.2, 0.25) is 5.91 Å². The van der Waals surface area contributed by atoms with Gasteiger partial charge in [-0.15, -0.1) is 0 Å². The highest BCUT2D eigenvalue weighted by Gasteiger charge is 2.20. The molecule has 1 amide bonds. The third-order valence-corrected chi connectivity index (χ3v) is 4.50. The molecule has 7 heteroatoms. The summed E-state index contributed by atoms with van der Waals surface area (Å²) in [5.41, 5.74) is 0.367. The molecule has 0 aliphatic carbocycles. The van der Waals surface area contributed by atoms with E-state index >= 15 is 0 Å². The number of carboxylic acids is 1. The van der Waals surface area contributed by atoms with Crippen molar-refractivity contribution >= 4 is 21.7 Å². The zero-order valence-corrected chi connectivity index (χ0v) is 11.5. The van der Waals surface area contributed by atoms with Crippen LogP contribution in [-0.2, 0) is 14.6 Å². The molecule has 0 fully saturated rings. The van der Waals surface area contributed by atoms with Crippen LogP contribution in [0.3, 0.4) is 0 Å². The lowest BCUT2D eigenvalue weighted by molar-refractivity contribution is -0.120. The molecule has 0 radical (unpaired) electrons. The summed E-state index contributed by atoms with van der Waals surface area (Å²) in [5.74, 6) is -1.92. The zero-order valence-electron chi connectivity index (χ0n) is 10.6. The second-order valence-electron chi connectivity index (χ2n) is 4.03. The van der Waals surface area contributed by atoms with E-state index in [1.165, 1.54) is 19.2 Å². The lowest BCUT2D eigenvalue weighted by Gasteiger charge is -2.08. The van der Waals surface area contributed by atoms with Crippen molar-refractivity contribution in [2.75, 3.05) is 12.8 Å². The average molecular weight is 285 g/mol. The first kappa shape index (κ1) is 15.2. The van der Waals surface area contributed by atoms with Gasteiger partial charge < -0.3 is 10.4 Å². The quantitative estimate of drug-likeness (QED) is 0.825. The minimum Gasteiger partial charge on any atom is -0.478 e. The van der Waals surface area contributed by atoms with Crippen LogP contribution >= 0.6 is 0 Å². The average Bonchev–Trinajstić information content (AvgIpc) is 2.36. The molecule has 0 saturated carbocycles. The Morgan fingerprint density at radius 2 is 1.95 bits per heavy atom. The first-order valence-electron chi connectivity index (χ1n) is 5.55. The van der Waals surface area contributed by atoms with Crippen molar-refractivity contribution < 1.29 is 23.1 Å². The predicted molar refractivity (Wildman–Crippen MR) is 68.9 cm³/mol. The molecular weight excluding hydrogens is 270 g/mol. The third-order valence-electron chi connectivity index (χ3n) is 2.65. The standard InChI is InChI=1S/C12H15NO5S/c1-8-3-4-9(12(15)16)7-10(8)19(17,18)6-5-11(14)13-2/h3-4,7H,5-6H2,1-2H3,(H,13,14)(H,15,16). The summed E-state index contributed by atoms with van der Waals surface area (Å²) < 4.78 is 24.2. The van der Waals surface area contributed by atoms with Crippen LogP contribution in [0.1, 0.15) is 22.3 Å². The van der Waals surface area contributed by atoms with Crippen molar-refractivity contribution in [3.05, 3.63) is 29.3 Å². The molecule has 0 unspecified atom stereocenters. The maximum Gasteiger partial charge on any atom is 0.335 e. The van der Waals surface area contributed by atoms with E-state index < -0.39 is 15.8 Å². The minimum atomic E-state index is -3.68. The number of aromatic carboxylic acids is 1. The van der Waals surface area contributed by atoms with Crippen LogP contribution in [0.5, 0.6) is 0 Å². The number of nitrogens with one attached hydrogen (secondary N) is 1. The van der Waals surface area contributed by atoms with Crippen molar-refractivity contribution in [3.63, 3.8) is 0 Å². The summed E-state index contributed by atoms with van der Waals surface area (Å²) in [6.45, 7) is 1.58. The summed E-state index contributed by atoms with van der Waals surface area (Å²) >= 11 is 0. The second kappa shape index (κ2) is 5.83. The number of carbonyl (C=O) groups is 2. The molecule has 0 bridgehead atoms. The number of benzene rings is 1. The van der Waals surface area contributed by atoms with Gasteiger partial charge in [0, 0.05) is 13.5 Å². The van der Waals surface area contributed by atoms with E-state index in [1.807, 2.05) is 0 Å². The maximum absolute atomic E-state index is 12.1. The van der Waals surface area contributed by atoms with Crippen LogP contribution in [0.4, 0.5) is 0 Å². The zero-order chi connectivity index (χ0) is 14.6. The minimum absolute atomic E-state index is 0.0451. The van der Waals surface area contributed by atoms with Crippen LogP contribution in [0.25, 0.3) is 0 Å². The SMILES string of the molecule is CNC(=O)CCS(=O)(=O)c1cc(C(=O)O)ccc1C. The maximum atomic E-state index is 12.1. The molecule has 0 saturated heterocycles. The topological polar surface area (TPSA) is 101 Å². The van der Waals surface area contributed by atoms with Crippen LogP contribution in [0.2, 0.25) is 0 Å². The first-order valence-corrected chi connectivity index (χ1v) is 7.20. The van der Waals surface area contributed by atoms with Gasteiger partial charge in [-0.05, 0) is 24.6 Å². The van der Waals surface area contributed by atoms with Gasteiger partial charge in [-0.2, -0.15) is 0 Å². The number of amides is 1. The molecule has 0 spiro atoms. The molecule has 6 nitrogen and oxygen atoms in total. The van der Waals surface area contributed by atoms with Crippen LogP contribution in [0.15, 0.2) is 23.1 Å². The second-order valence-corrected chi connectivity index (χ2v) is 6.11. The monoisotopic (exact) mass is 285 g/mol. The largest absolute Gasteiger partial charge is 0.478 e. The van der Waals surface area contributed by atoms with Crippen molar-refractivity contribution in [1.29, 1.82) is 0 Å². The Morgan fingerprint density at radius 3 is 2.47 bits per heavy atom. The molecule has 19 heavy (non-hydrogen) atoms. The van der Waals surface area contributed by atoms with E-state index in [4.69, 9.17) is 5.11 Å². The molecule has 0 aromatic heterocycles. The van der Waals surface area contributed by atoms with Crippen LogP contribution in [-0.4, -0.2) is 38.2 Å². The van der Waals surface area contributed by atoms with Crippen molar-refractivity contribution in [2.45, 2.75) is 18.2 Å². The summed E-state index contributed by atoms with van der Waals surface area (Å²) in [6.07, 6.45) is -0.157. The molecule has 0 aliphatic rings. The van der Waals surface area contributed by atoms with Gasteiger partial charge in [0.1, 0.15) is 0 Å². The van der Waals surface area contributed by atoms with E-state index in [2.05, 4.69) is 5.32 Å². The molecule has 0 aliphatic heterocycles. The Bertz CT molecular complexity index is 607. The van der Waals surface area contributed by atoms with Gasteiger partial charge in [0.15, 0.2) is 9.84 Å². The summed E-state index contributed by atoms with van der Waals surface area (Å²) in [5, 5.41) is 11.2. The van der Waals surface area contributed by atoms with E-state index in [0.717, 1.165) is 6.07 Å². The molecule has 1 aromatic carbocycles. The van der Waals surface area contributed by atoms with Crippen molar-refractivity contribution in [1.82, 2.24) is 5.32 Å². The predicted octanol–water partition coefficient (Wildman–Crippen LogP) is 0.603. The highest BCUT2D eigenvalue weighted by atomic mass is 32.2. The first-order chi connectivity index (χ1) is 8.77. The highest BCUT2D eigenvalue weighted by molar-refractivity contribution is 7.91. The fourth-order valence-corrected chi connectivity index (χ4v) is 3.07. The van der Waals surface area contributed by atoms with E-state index in [0.29, 0.717) is 5.56 Å². The fourth-order valence-electron chi connectivity index (χ4n) is 1.53. The number of hydrogen-bond acceptors (Lipinski definition) is 4. The third kappa shape index (κ3) is 3.78. The van der Waals surface area contributed by atoms with Gasteiger partial charge in [0.25, 0.3) is 0 Å². The van der Waals surface area contributed by atoms with Crippen LogP contribution < -0.4 is 5.32 Å². The van der Waals surface area contributed by atoms with E-state index in [-0.39, 0.29) is 28.5 Å². The molecule has 1 rings (SSSR count). The smallest absolute Gasteiger partial charge is 0.335 e. The lowest BCUT2D eigenvalue weighted by Crippen LogP contribution is -2.22. The van der Waals surface area contributed by atoms with Gasteiger partial charge >= 0.3 is 5.97 Å². The summed E-state index contributed by atoms with van der Waals surface area (Å²) in [6, 6.07) is 3.91. The normalized spacial score (nSPS) is 11.1. The van der Waals surface area contributed by atoms with Crippen molar-refractivity contribution in [2.24, 2.45) is 0 Å². The summed E-state index contributed by atoms with van der Waals surface area (Å²) in [7, 11) is -2.25. The Hall–Kier alpha value is -1.89. The fraction of sp³-hybridized carbons (Fsp3) is 0.333. The van der Waals surface area contributed by atoms with E-state index in [1.54, 1.807) is 6.92 Å².